The number of nitrogen functional groups attached to an aromatic ring is 1. The first-order chi connectivity index (χ1) is 12.1. The van der Waals surface area contributed by atoms with E-state index in [4.69, 9.17) is 27.9 Å². The molecule has 25 heavy (non-hydrogen) atoms. The lowest BCUT2D eigenvalue weighted by Crippen LogP contribution is -2.19. The number of hydrazone groups is 1. The SMILES string of the molecule is C=C(NCc1cccc(Cl)c1)O/C(=N\N)c1ccc2[nH]nc(N)c2c1. The number of anilines is 1. The Bertz CT molecular complexity index is 949. The summed E-state index contributed by atoms with van der Waals surface area (Å²) in [5, 5.41) is 15.0. The Morgan fingerprint density at radius 3 is 2.92 bits per heavy atom. The van der Waals surface area contributed by atoms with Crippen molar-refractivity contribution in [3.05, 3.63) is 71.1 Å². The Labute approximate surface area is 149 Å². The number of nitrogens with two attached hydrogens (primary N) is 2. The number of rotatable bonds is 5. The normalized spacial score (nSPS) is 11.5. The number of benzene rings is 2. The first-order valence-corrected chi connectivity index (χ1v) is 7.81. The number of fused-ring (bicyclic) bond motifs is 1. The Kier molecular flexibility index (Phi) is 4.76. The molecule has 0 saturated carbocycles. The van der Waals surface area contributed by atoms with Gasteiger partial charge in [-0.25, -0.2) is 0 Å². The highest BCUT2D eigenvalue weighted by molar-refractivity contribution is 6.30. The molecule has 2 aromatic carbocycles. The van der Waals surface area contributed by atoms with Gasteiger partial charge in [0.2, 0.25) is 5.90 Å². The van der Waals surface area contributed by atoms with Gasteiger partial charge >= 0.3 is 0 Å². The summed E-state index contributed by atoms with van der Waals surface area (Å²) in [5.41, 5.74) is 8.29. The molecule has 7 nitrogen and oxygen atoms in total. The second-order valence-electron chi connectivity index (χ2n) is 5.31. The Morgan fingerprint density at radius 2 is 2.16 bits per heavy atom. The van der Waals surface area contributed by atoms with Crippen molar-refractivity contribution in [3.63, 3.8) is 0 Å². The maximum absolute atomic E-state index is 5.96. The zero-order chi connectivity index (χ0) is 17.8. The molecule has 3 aromatic rings. The van der Waals surface area contributed by atoms with Crippen LogP contribution in [0.2, 0.25) is 5.02 Å². The van der Waals surface area contributed by atoms with Crippen molar-refractivity contribution in [3.8, 4) is 0 Å². The molecule has 0 radical (unpaired) electrons. The van der Waals surface area contributed by atoms with Crippen LogP contribution in [0.4, 0.5) is 5.82 Å². The molecule has 1 aromatic heterocycles. The highest BCUT2D eigenvalue weighted by Gasteiger charge is 2.11. The van der Waals surface area contributed by atoms with Gasteiger partial charge in [0.15, 0.2) is 11.7 Å². The van der Waals surface area contributed by atoms with Crippen molar-refractivity contribution in [2.45, 2.75) is 6.54 Å². The molecule has 0 saturated heterocycles. The molecule has 0 aliphatic heterocycles. The Hall–Kier alpha value is -3.19. The Balaban J connectivity index is 1.68. The number of H-pyrrole nitrogens is 1. The van der Waals surface area contributed by atoms with Crippen molar-refractivity contribution < 1.29 is 4.74 Å². The summed E-state index contributed by atoms with van der Waals surface area (Å²) in [5.74, 6) is 6.38. The summed E-state index contributed by atoms with van der Waals surface area (Å²) < 4.78 is 5.62. The van der Waals surface area contributed by atoms with E-state index in [0.717, 1.165) is 16.5 Å². The van der Waals surface area contributed by atoms with E-state index in [9.17, 15) is 0 Å². The highest BCUT2D eigenvalue weighted by atomic mass is 35.5. The minimum absolute atomic E-state index is 0.214. The summed E-state index contributed by atoms with van der Waals surface area (Å²) in [6.07, 6.45) is 0. The quantitative estimate of drug-likeness (QED) is 0.184. The molecule has 0 aliphatic rings. The second-order valence-corrected chi connectivity index (χ2v) is 5.75. The standard InChI is InChI=1S/C17H17ClN6O/c1-10(21-9-11-3-2-4-13(18)7-11)25-17(22-20)12-5-6-15-14(8-12)16(19)24-23-15/h2-8,21H,1,9,20H2,(H3,19,23,24)/b22-17-. The molecule has 6 N–H and O–H groups in total. The molecule has 3 rings (SSSR count). The molecule has 0 spiro atoms. The molecule has 128 valence electrons. The van der Waals surface area contributed by atoms with Crippen molar-refractivity contribution in [2.24, 2.45) is 10.9 Å². The summed E-state index contributed by atoms with van der Waals surface area (Å²) in [6.45, 7) is 4.33. The minimum Gasteiger partial charge on any atom is -0.422 e. The number of aromatic nitrogens is 2. The van der Waals surface area contributed by atoms with Gasteiger partial charge in [-0.05, 0) is 42.5 Å². The fourth-order valence-corrected chi connectivity index (χ4v) is 2.54. The molecule has 1 heterocycles. The van der Waals surface area contributed by atoms with Crippen LogP contribution in [0.1, 0.15) is 11.1 Å². The fourth-order valence-electron chi connectivity index (χ4n) is 2.33. The number of halogens is 1. The van der Waals surface area contributed by atoms with Crippen LogP contribution in [-0.2, 0) is 11.3 Å². The number of nitrogens with zero attached hydrogens (tertiary/aromatic N) is 2. The molecule has 0 unspecified atom stereocenters. The average molecular weight is 357 g/mol. The van der Waals surface area contributed by atoms with Gasteiger partial charge in [0.25, 0.3) is 0 Å². The van der Waals surface area contributed by atoms with Crippen molar-refractivity contribution in [1.29, 1.82) is 0 Å². The van der Waals surface area contributed by atoms with Crippen molar-refractivity contribution >= 4 is 34.2 Å². The fraction of sp³-hybridized carbons (Fsp3) is 0.0588. The summed E-state index contributed by atoms with van der Waals surface area (Å²) in [7, 11) is 0. The minimum atomic E-state index is 0.214. The third-order valence-corrected chi connectivity index (χ3v) is 3.79. The first kappa shape index (κ1) is 16.7. The first-order valence-electron chi connectivity index (χ1n) is 7.43. The molecule has 0 atom stereocenters. The summed E-state index contributed by atoms with van der Waals surface area (Å²) in [4.78, 5) is 0. The van der Waals surface area contributed by atoms with Crippen LogP contribution in [0.5, 0.6) is 0 Å². The number of hydrogen-bond acceptors (Lipinski definition) is 6. The largest absolute Gasteiger partial charge is 0.422 e. The van der Waals surface area contributed by atoms with E-state index in [0.29, 0.717) is 28.8 Å². The van der Waals surface area contributed by atoms with Gasteiger partial charge < -0.3 is 21.6 Å². The van der Waals surface area contributed by atoms with Crippen molar-refractivity contribution in [2.75, 3.05) is 5.73 Å². The van der Waals surface area contributed by atoms with E-state index < -0.39 is 0 Å². The van der Waals surface area contributed by atoms with Crippen LogP contribution in [0, 0.1) is 0 Å². The van der Waals surface area contributed by atoms with E-state index in [2.05, 4.69) is 27.2 Å². The summed E-state index contributed by atoms with van der Waals surface area (Å²) in [6, 6.07) is 12.9. The van der Waals surface area contributed by atoms with Gasteiger partial charge in [-0.1, -0.05) is 23.7 Å². The van der Waals surface area contributed by atoms with Gasteiger partial charge in [0, 0.05) is 22.5 Å². The van der Waals surface area contributed by atoms with Crippen LogP contribution in [-0.4, -0.2) is 16.1 Å². The zero-order valence-corrected chi connectivity index (χ0v) is 14.0. The highest BCUT2D eigenvalue weighted by Crippen LogP contribution is 2.20. The monoisotopic (exact) mass is 356 g/mol. The predicted molar refractivity (Wildman–Crippen MR) is 99.7 cm³/mol. The third-order valence-electron chi connectivity index (χ3n) is 3.56. The Morgan fingerprint density at radius 1 is 1.32 bits per heavy atom. The average Bonchev–Trinajstić information content (AvgIpc) is 2.98. The topological polar surface area (TPSA) is 114 Å². The second kappa shape index (κ2) is 7.14. The number of ether oxygens (including phenoxy) is 1. The van der Waals surface area contributed by atoms with E-state index in [1.807, 2.05) is 30.3 Å². The smallest absolute Gasteiger partial charge is 0.244 e. The van der Waals surface area contributed by atoms with Crippen molar-refractivity contribution in [1.82, 2.24) is 15.5 Å². The van der Waals surface area contributed by atoms with Gasteiger partial charge in [-0.3, -0.25) is 5.10 Å². The molecule has 0 bridgehead atoms. The van der Waals surface area contributed by atoms with Crippen LogP contribution in [0.3, 0.4) is 0 Å². The third kappa shape index (κ3) is 3.84. The van der Waals surface area contributed by atoms with Crippen LogP contribution < -0.4 is 16.9 Å². The number of hydrogen-bond donors (Lipinski definition) is 4. The number of nitrogens with one attached hydrogen (secondary N) is 2. The number of aromatic amines is 1. The maximum Gasteiger partial charge on any atom is 0.244 e. The van der Waals surface area contributed by atoms with Crippen LogP contribution in [0.15, 0.2) is 60.0 Å². The molecular weight excluding hydrogens is 340 g/mol. The molecular formula is C17H17ClN6O. The van der Waals surface area contributed by atoms with E-state index in [1.165, 1.54) is 0 Å². The predicted octanol–water partition coefficient (Wildman–Crippen LogP) is 2.70. The lowest BCUT2D eigenvalue weighted by molar-refractivity contribution is 0.371. The van der Waals surface area contributed by atoms with Crippen LogP contribution >= 0.6 is 11.6 Å². The van der Waals surface area contributed by atoms with Crippen LogP contribution in [0.25, 0.3) is 10.9 Å². The molecule has 8 heteroatoms. The molecule has 0 amide bonds. The maximum atomic E-state index is 5.96. The van der Waals surface area contributed by atoms with Gasteiger partial charge in [0.05, 0.1) is 5.52 Å². The lowest BCUT2D eigenvalue weighted by atomic mass is 10.1. The van der Waals surface area contributed by atoms with E-state index >= 15 is 0 Å². The van der Waals surface area contributed by atoms with Gasteiger partial charge in [-0.2, -0.15) is 5.10 Å². The van der Waals surface area contributed by atoms with Gasteiger partial charge in [0.1, 0.15) is 0 Å². The van der Waals surface area contributed by atoms with E-state index in [1.54, 1.807) is 12.1 Å². The van der Waals surface area contributed by atoms with Gasteiger partial charge in [-0.15, -0.1) is 5.10 Å². The molecule has 0 fully saturated rings. The van der Waals surface area contributed by atoms with E-state index in [-0.39, 0.29) is 5.90 Å². The zero-order valence-electron chi connectivity index (χ0n) is 13.3. The lowest BCUT2D eigenvalue weighted by Gasteiger charge is -2.13. The summed E-state index contributed by atoms with van der Waals surface area (Å²) >= 11 is 5.96. The molecule has 0 aliphatic carbocycles.